The molecule has 4 rings (SSSR count). The van der Waals surface area contributed by atoms with Gasteiger partial charge in [-0.2, -0.15) is 0 Å². The van der Waals surface area contributed by atoms with Crippen molar-refractivity contribution in [2.24, 2.45) is 5.92 Å². The molecule has 1 heterocycles. The molecule has 1 aliphatic rings. The summed E-state index contributed by atoms with van der Waals surface area (Å²) in [5.74, 6) is 0.288. The summed E-state index contributed by atoms with van der Waals surface area (Å²) >= 11 is 0. The predicted octanol–water partition coefficient (Wildman–Crippen LogP) is 3.94. The molecule has 192 valence electrons. The Morgan fingerprint density at radius 1 is 0.919 bits per heavy atom. The van der Waals surface area contributed by atoms with Crippen molar-refractivity contribution < 1.29 is 23.9 Å². The largest absolute Gasteiger partial charge is 0.497 e. The van der Waals surface area contributed by atoms with Gasteiger partial charge < -0.3 is 25.0 Å². The average Bonchev–Trinajstić information content (AvgIpc) is 3.33. The van der Waals surface area contributed by atoms with E-state index in [4.69, 9.17) is 9.47 Å². The lowest BCUT2D eigenvalue weighted by molar-refractivity contribution is -0.126. The van der Waals surface area contributed by atoms with Gasteiger partial charge in [0.25, 0.3) is 5.91 Å². The Labute approximate surface area is 216 Å². The summed E-state index contributed by atoms with van der Waals surface area (Å²) in [5, 5.41) is 5.70. The van der Waals surface area contributed by atoms with Crippen LogP contribution >= 0.6 is 0 Å². The number of carbonyl (C=O) groups excluding carboxylic acids is 3. The first kappa shape index (κ1) is 25.8. The van der Waals surface area contributed by atoms with E-state index < -0.39 is 5.92 Å². The van der Waals surface area contributed by atoms with Crippen LogP contribution in [0.25, 0.3) is 0 Å². The highest BCUT2D eigenvalue weighted by atomic mass is 16.5. The van der Waals surface area contributed by atoms with Crippen molar-refractivity contribution in [1.82, 2.24) is 5.32 Å². The van der Waals surface area contributed by atoms with Crippen molar-refractivity contribution in [2.75, 3.05) is 30.5 Å². The van der Waals surface area contributed by atoms with Gasteiger partial charge in [0.05, 0.1) is 13.0 Å². The third-order valence-corrected chi connectivity index (χ3v) is 6.29. The first-order chi connectivity index (χ1) is 17.9. The van der Waals surface area contributed by atoms with Gasteiger partial charge in [-0.25, -0.2) is 0 Å². The van der Waals surface area contributed by atoms with E-state index in [-0.39, 0.29) is 30.7 Å². The van der Waals surface area contributed by atoms with Crippen LogP contribution in [0.2, 0.25) is 0 Å². The normalized spacial score (nSPS) is 14.8. The van der Waals surface area contributed by atoms with Crippen LogP contribution in [0.4, 0.5) is 11.4 Å². The zero-order chi connectivity index (χ0) is 26.2. The number of hydrogen-bond acceptors (Lipinski definition) is 5. The van der Waals surface area contributed by atoms with Crippen molar-refractivity contribution in [3.8, 4) is 11.5 Å². The molecule has 1 aliphatic heterocycles. The Morgan fingerprint density at radius 2 is 1.57 bits per heavy atom. The first-order valence-corrected chi connectivity index (χ1v) is 12.3. The van der Waals surface area contributed by atoms with Crippen molar-refractivity contribution in [3.05, 3.63) is 83.9 Å². The molecule has 8 heteroatoms. The molecule has 37 heavy (non-hydrogen) atoms. The number of aryl methyl sites for hydroxylation is 1. The highest BCUT2D eigenvalue weighted by Gasteiger charge is 2.35. The van der Waals surface area contributed by atoms with Crippen LogP contribution in [0.1, 0.15) is 24.5 Å². The topological polar surface area (TPSA) is 97.0 Å². The number of ether oxygens (including phenoxy) is 2. The van der Waals surface area contributed by atoms with Crippen molar-refractivity contribution in [3.63, 3.8) is 0 Å². The highest BCUT2D eigenvalue weighted by molar-refractivity contribution is 6.00. The van der Waals surface area contributed by atoms with Crippen LogP contribution in [0.3, 0.4) is 0 Å². The minimum absolute atomic E-state index is 0.0972. The van der Waals surface area contributed by atoms with Crippen LogP contribution in [-0.4, -0.2) is 38.0 Å². The Morgan fingerprint density at radius 3 is 2.22 bits per heavy atom. The molecule has 1 saturated heterocycles. The summed E-state index contributed by atoms with van der Waals surface area (Å²) in [6.45, 7) is 2.71. The number of nitrogens with one attached hydrogen (secondary N) is 2. The molecule has 2 N–H and O–H groups in total. The van der Waals surface area contributed by atoms with E-state index in [0.717, 1.165) is 12.0 Å². The van der Waals surface area contributed by atoms with Gasteiger partial charge in [-0.1, -0.05) is 31.2 Å². The maximum Gasteiger partial charge on any atom is 0.262 e. The third-order valence-electron chi connectivity index (χ3n) is 6.29. The second kappa shape index (κ2) is 12.1. The van der Waals surface area contributed by atoms with Gasteiger partial charge in [0.15, 0.2) is 6.61 Å². The van der Waals surface area contributed by atoms with Gasteiger partial charge in [0.2, 0.25) is 11.8 Å². The van der Waals surface area contributed by atoms with E-state index in [9.17, 15) is 14.4 Å². The van der Waals surface area contributed by atoms with Crippen molar-refractivity contribution in [2.45, 2.75) is 26.3 Å². The minimum atomic E-state index is -0.403. The fourth-order valence-electron chi connectivity index (χ4n) is 4.10. The number of methoxy groups -OCH3 is 1. The van der Waals surface area contributed by atoms with Gasteiger partial charge in [-0.15, -0.1) is 0 Å². The number of amides is 3. The van der Waals surface area contributed by atoms with E-state index >= 15 is 0 Å². The van der Waals surface area contributed by atoms with Gasteiger partial charge in [0, 0.05) is 30.9 Å². The molecular formula is C29H31N3O5. The molecule has 3 aromatic carbocycles. The summed E-state index contributed by atoms with van der Waals surface area (Å²) in [7, 11) is 1.58. The number of anilines is 2. The van der Waals surface area contributed by atoms with Crippen LogP contribution in [0.15, 0.2) is 72.8 Å². The van der Waals surface area contributed by atoms with E-state index in [1.807, 2.05) is 12.1 Å². The molecular weight excluding hydrogens is 470 g/mol. The summed E-state index contributed by atoms with van der Waals surface area (Å²) in [5.41, 5.74) is 3.61. The molecule has 0 aliphatic carbocycles. The molecule has 3 amide bonds. The summed E-state index contributed by atoms with van der Waals surface area (Å²) in [4.78, 5) is 39.1. The molecule has 0 unspecified atom stereocenters. The zero-order valence-corrected chi connectivity index (χ0v) is 21.0. The van der Waals surface area contributed by atoms with Crippen LogP contribution in [0.5, 0.6) is 11.5 Å². The summed E-state index contributed by atoms with van der Waals surface area (Å²) in [6, 6.07) is 22.1. The van der Waals surface area contributed by atoms with Crippen molar-refractivity contribution >= 4 is 29.1 Å². The third kappa shape index (κ3) is 6.88. The Balaban J connectivity index is 1.25. The van der Waals surface area contributed by atoms with Crippen LogP contribution in [0, 0.1) is 5.92 Å². The number of hydrogen-bond donors (Lipinski definition) is 2. The Kier molecular flexibility index (Phi) is 8.40. The quantitative estimate of drug-likeness (QED) is 0.439. The lowest BCUT2D eigenvalue weighted by atomic mass is 10.1. The fraction of sp³-hybridized carbons (Fsp3) is 0.276. The van der Waals surface area contributed by atoms with E-state index in [1.54, 1.807) is 60.5 Å². The molecule has 0 saturated carbocycles. The predicted molar refractivity (Wildman–Crippen MR) is 142 cm³/mol. The fourth-order valence-corrected chi connectivity index (χ4v) is 4.10. The highest BCUT2D eigenvalue weighted by Crippen LogP contribution is 2.27. The SMILES string of the molecule is CCc1ccc(CNC(=O)[C@@H]2CC(=O)N(c3ccc(OCC(=O)Nc4ccc(OC)cc4)cc3)C2)cc1. The van der Waals surface area contributed by atoms with Crippen LogP contribution in [-0.2, 0) is 27.3 Å². The number of nitrogens with zero attached hydrogens (tertiary/aromatic N) is 1. The molecule has 0 aromatic heterocycles. The lowest BCUT2D eigenvalue weighted by Crippen LogP contribution is -2.32. The molecule has 8 nitrogen and oxygen atoms in total. The summed E-state index contributed by atoms with van der Waals surface area (Å²) < 4.78 is 10.7. The lowest BCUT2D eigenvalue weighted by Gasteiger charge is -2.17. The molecule has 0 spiro atoms. The second-order valence-electron chi connectivity index (χ2n) is 8.85. The van der Waals surface area contributed by atoms with E-state index in [2.05, 4.69) is 29.7 Å². The van der Waals surface area contributed by atoms with Gasteiger partial charge in [-0.05, 0) is 66.1 Å². The molecule has 0 radical (unpaired) electrons. The number of rotatable bonds is 10. The van der Waals surface area contributed by atoms with Gasteiger partial charge in [-0.3, -0.25) is 14.4 Å². The Hall–Kier alpha value is -4.33. The maximum absolute atomic E-state index is 12.7. The van der Waals surface area contributed by atoms with Crippen molar-refractivity contribution in [1.29, 1.82) is 0 Å². The molecule has 3 aromatic rings. The molecule has 1 fully saturated rings. The van der Waals surface area contributed by atoms with Gasteiger partial charge >= 0.3 is 0 Å². The average molecular weight is 502 g/mol. The number of benzene rings is 3. The second-order valence-corrected chi connectivity index (χ2v) is 8.85. The molecule has 1 atom stereocenters. The Bertz CT molecular complexity index is 1220. The zero-order valence-electron chi connectivity index (χ0n) is 21.0. The van der Waals surface area contributed by atoms with Gasteiger partial charge in [0.1, 0.15) is 11.5 Å². The van der Waals surface area contributed by atoms with Crippen LogP contribution < -0.4 is 25.0 Å². The van der Waals surface area contributed by atoms with E-state index in [1.165, 1.54) is 5.56 Å². The number of carbonyl (C=O) groups is 3. The maximum atomic E-state index is 12.7. The minimum Gasteiger partial charge on any atom is -0.497 e. The first-order valence-electron chi connectivity index (χ1n) is 12.3. The smallest absolute Gasteiger partial charge is 0.262 e. The summed E-state index contributed by atoms with van der Waals surface area (Å²) in [6.07, 6.45) is 1.14. The monoisotopic (exact) mass is 501 g/mol. The van der Waals surface area contributed by atoms with E-state index in [0.29, 0.717) is 36.0 Å². The standard InChI is InChI=1S/C29H31N3O5/c1-3-20-4-6-21(7-5-20)17-30-29(35)22-16-28(34)32(18-22)24-10-14-26(15-11-24)37-19-27(33)31-23-8-12-25(36-2)13-9-23/h4-15,22H,3,16-19H2,1-2H3,(H,30,35)(H,31,33)/t22-/m1/s1. The molecule has 0 bridgehead atoms.